The summed E-state index contributed by atoms with van der Waals surface area (Å²) in [5.41, 5.74) is 1.55. The van der Waals surface area contributed by atoms with Gasteiger partial charge in [-0.25, -0.2) is 4.79 Å². The molecule has 0 N–H and O–H groups in total. The minimum absolute atomic E-state index is 0.386. The minimum atomic E-state index is -0.386. The van der Waals surface area contributed by atoms with Crippen molar-refractivity contribution in [1.29, 1.82) is 0 Å². The maximum Gasteiger partial charge on any atom is 0.343 e. The number of aryl methyl sites for hydroxylation is 1. The standard InChI is InChI=1S/C15H14O3/c1-11-6-5-7-12(10-11)15(16)18-14-9-4-3-8-13(14)17-2/h3-10H,1-2H3. The van der Waals surface area contributed by atoms with Gasteiger partial charge < -0.3 is 9.47 Å². The minimum Gasteiger partial charge on any atom is -0.493 e. The Morgan fingerprint density at radius 1 is 1.00 bits per heavy atom. The molecule has 2 rings (SSSR count). The van der Waals surface area contributed by atoms with Crippen LogP contribution in [0.15, 0.2) is 48.5 Å². The van der Waals surface area contributed by atoms with Crippen LogP contribution in [-0.2, 0) is 0 Å². The number of carbonyl (C=O) groups excluding carboxylic acids is 1. The molecule has 3 heteroatoms. The molecular formula is C15H14O3. The molecule has 92 valence electrons. The molecule has 0 aliphatic rings. The lowest BCUT2D eigenvalue weighted by Crippen LogP contribution is -2.09. The summed E-state index contributed by atoms with van der Waals surface area (Å²) in [6, 6.07) is 14.3. The molecule has 0 fully saturated rings. The van der Waals surface area contributed by atoms with Crippen LogP contribution < -0.4 is 9.47 Å². The van der Waals surface area contributed by atoms with Crippen LogP contribution in [0.25, 0.3) is 0 Å². The van der Waals surface area contributed by atoms with Crippen molar-refractivity contribution in [3.05, 3.63) is 59.7 Å². The topological polar surface area (TPSA) is 35.5 Å². The summed E-state index contributed by atoms with van der Waals surface area (Å²) in [5.74, 6) is 0.577. The highest BCUT2D eigenvalue weighted by atomic mass is 16.6. The number of methoxy groups -OCH3 is 1. The number of ether oxygens (including phenoxy) is 2. The quantitative estimate of drug-likeness (QED) is 0.612. The third kappa shape index (κ3) is 2.69. The maximum atomic E-state index is 12.0. The van der Waals surface area contributed by atoms with Crippen molar-refractivity contribution in [2.75, 3.05) is 7.11 Å². The number of para-hydroxylation sites is 2. The Balaban J connectivity index is 2.21. The number of benzene rings is 2. The molecule has 2 aromatic carbocycles. The van der Waals surface area contributed by atoms with Crippen LogP contribution in [0.5, 0.6) is 11.5 Å². The van der Waals surface area contributed by atoms with Gasteiger partial charge in [0.2, 0.25) is 0 Å². The van der Waals surface area contributed by atoms with Crippen LogP contribution in [0.4, 0.5) is 0 Å². The van der Waals surface area contributed by atoms with Crippen molar-refractivity contribution < 1.29 is 14.3 Å². The fraction of sp³-hybridized carbons (Fsp3) is 0.133. The summed E-state index contributed by atoms with van der Waals surface area (Å²) in [6.45, 7) is 1.93. The fourth-order valence-corrected chi connectivity index (χ4v) is 1.63. The molecule has 18 heavy (non-hydrogen) atoms. The Hall–Kier alpha value is -2.29. The zero-order valence-electron chi connectivity index (χ0n) is 10.3. The first-order valence-electron chi connectivity index (χ1n) is 5.62. The van der Waals surface area contributed by atoms with E-state index in [1.807, 2.05) is 25.1 Å². The molecule has 0 aliphatic heterocycles. The number of rotatable bonds is 3. The van der Waals surface area contributed by atoms with Crippen LogP contribution in [0.2, 0.25) is 0 Å². The average molecular weight is 242 g/mol. The largest absolute Gasteiger partial charge is 0.493 e. The second-order valence-electron chi connectivity index (χ2n) is 3.91. The lowest BCUT2D eigenvalue weighted by atomic mass is 10.1. The molecule has 0 aromatic heterocycles. The molecular weight excluding hydrogens is 228 g/mol. The van der Waals surface area contributed by atoms with Crippen molar-refractivity contribution in [2.24, 2.45) is 0 Å². The monoisotopic (exact) mass is 242 g/mol. The van der Waals surface area contributed by atoms with Crippen LogP contribution in [-0.4, -0.2) is 13.1 Å². The molecule has 0 amide bonds. The van der Waals surface area contributed by atoms with Gasteiger partial charge in [-0.05, 0) is 31.2 Å². The van der Waals surface area contributed by atoms with Gasteiger partial charge in [0.25, 0.3) is 0 Å². The number of hydrogen-bond acceptors (Lipinski definition) is 3. The smallest absolute Gasteiger partial charge is 0.343 e. The van der Waals surface area contributed by atoms with E-state index in [0.29, 0.717) is 17.1 Å². The molecule has 0 heterocycles. The molecule has 2 aromatic rings. The Morgan fingerprint density at radius 2 is 1.72 bits per heavy atom. The first-order chi connectivity index (χ1) is 8.70. The van der Waals surface area contributed by atoms with Crippen LogP contribution in [0.1, 0.15) is 15.9 Å². The number of carbonyl (C=O) groups is 1. The predicted molar refractivity (Wildman–Crippen MR) is 69.1 cm³/mol. The highest BCUT2D eigenvalue weighted by Gasteiger charge is 2.11. The summed E-state index contributed by atoms with van der Waals surface area (Å²) in [4.78, 5) is 12.0. The van der Waals surface area contributed by atoms with Gasteiger partial charge >= 0.3 is 5.97 Å². The molecule has 0 spiro atoms. The second-order valence-corrected chi connectivity index (χ2v) is 3.91. The van der Waals surface area contributed by atoms with Gasteiger partial charge in [-0.15, -0.1) is 0 Å². The summed E-state index contributed by atoms with van der Waals surface area (Å²) in [6.07, 6.45) is 0. The van der Waals surface area contributed by atoms with Crippen molar-refractivity contribution in [3.8, 4) is 11.5 Å². The lowest BCUT2D eigenvalue weighted by Gasteiger charge is -2.08. The van der Waals surface area contributed by atoms with Crippen molar-refractivity contribution in [2.45, 2.75) is 6.92 Å². The van der Waals surface area contributed by atoms with Gasteiger partial charge in [0.1, 0.15) is 0 Å². The fourth-order valence-electron chi connectivity index (χ4n) is 1.63. The summed E-state index contributed by atoms with van der Waals surface area (Å²) >= 11 is 0. The van der Waals surface area contributed by atoms with Crippen LogP contribution >= 0.6 is 0 Å². The van der Waals surface area contributed by atoms with E-state index >= 15 is 0 Å². The van der Waals surface area contributed by atoms with Crippen molar-refractivity contribution >= 4 is 5.97 Å². The molecule has 0 saturated heterocycles. The van der Waals surface area contributed by atoms with E-state index in [0.717, 1.165) is 5.56 Å². The van der Waals surface area contributed by atoms with Gasteiger partial charge in [-0.3, -0.25) is 0 Å². The summed E-state index contributed by atoms with van der Waals surface area (Å²) in [7, 11) is 1.54. The van der Waals surface area contributed by atoms with Gasteiger partial charge in [0.05, 0.1) is 12.7 Å². The average Bonchev–Trinajstić information content (AvgIpc) is 2.39. The zero-order chi connectivity index (χ0) is 13.0. The predicted octanol–water partition coefficient (Wildman–Crippen LogP) is 3.22. The van der Waals surface area contributed by atoms with E-state index in [1.165, 1.54) is 0 Å². The lowest BCUT2D eigenvalue weighted by molar-refractivity contribution is 0.0729. The molecule has 0 aliphatic carbocycles. The Morgan fingerprint density at radius 3 is 2.39 bits per heavy atom. The van der Waals surface area contributed by atoms with E-state index < -0.39 is 0 Å². The van der Waals surface area contributed by atoms with Crippen LogP contribution in [0.3, 0.4) is 0 Å². The van der Waals surface area contributed by atoms with E-state index in [1.54, 1.807) is 37.4 Å². The first kappa shape index (κ1) is 12.2. The summed E-state index contributed by atoms with van der Waals surface area (Å²) < 4.78 is 10.4. The van der Waals surface area contributed by atoms with Gasteiger partial charge in [-0.1, -0.05) is 29.8 Å². The molecule has 0 bridgehead atoms. The molecule has 0 saturated carbocycles. The van der Waals surface area contributed by atoms with E-state index in [2.05, 4.69) is 0 Å². The van der Waals surface area contributed by atoms with E-state index in [4.69, 9.17) is 9.47 Å². The SMILES string of the molecule is COc1ccccc1OC(=O)c1cccc(C)c1. The van der Waals surface area contributed by atoms with Gasteiger partial charge in [0.15, 0.2) is 11.5 Å². The number of esters is 1. The first-order valence-corrected chi connectivity index (χ1v) is 5.62. The van der Waals surface area contributed by atoms with E-state index in [-0.39, 0.29) is 5.97 Å². The van der Waals surface area contributed by atoms with E-state index in [9.17, 15) is 4.79 Å². The molecule has 0 atom stereocenters. The highest BCUT2D eigenvalue weighted by molar-refractivity contribution is 5.91. The second kappa shape index (κ2) is 5.36. The third-order valence-electron chi connectivity index (χ3n) is 2.53. The molecule has 0 radical (unpaired) electrons. The van der Waals surface area contributed by atoms with Gasteiger partial charge in [0, 0.05) is 0 Å². The van der Waals surface area contributed by atoms with Crippen LogP contribution in [0, 0.1) is 6.92 Å². The summed E-state index contributed by atoms with van der Waals surface area (Å²) in [5, 5.41) is 0. The van der Waals surface area contributed by atoms with Crippen molar-refractivity contribution in [1.82, 2.24) is 0 Å². The maximum absolute atomic E-state index is 12.0. The third-order valence-corrected chi connectivity index (χ3v) is 2.53. The highest BCUT2D eigenvalue weighted by Crippen LogP contribution is 2.26. The zero-order valence-corrected chi connectivity index (χ0v) is 10.3. The molecule has 3 nitrogen and oxygen atoms in total. The Kier molecular flexibility index (Phi) is 3.63. The Labute approximate surface area is 106 Å². The Bertz CT molecular complexity index is 561. The van der Waals surface area contributed by atoms with Crippen molar-refractivity contribution in [3.63, 3.8) is 0 Å². The van der Waals surface area contributed by atoms with Gasteiger partial charge in [-0.2, -0.15) is 0 Å². The number of hydrogen-bond donors (Lipinski definition) is 0. The normalized spacial score (nSPS) is 9.89. The molecule has 0 unspecified atom stereocenters.